The van der Waals surface area contributed by atoms with Crippen LogP contribution in [0.5, 0.6) is 0 Å². The maximum Gasteiger partial charge on any atom is 0.220 e. The molecule has 0 fully saturated rings. The van der Waals surface area contributed by atoms with Crippen LogP contribution in [-0.4, -0.2) is 47.3 Å². The van der Waals surface area contributed by atoms with E-state index in [1.54, 1.807) is 25.8 Å². The zero-order chi connectivity index (χ0) is 29.9. The number of ketones is 3. The van der Waals surface area contributed by atoms with Crippen LogP contribution in [0.1, 0.15) is 138 Å². The van der Waals surface area contributed by atoms with Crippen LogP contribution in [-0.2, 0) is 25.7 Å². The Morgan fingerprint density at radius 3 is 1.30 bits per heavy atom. The van der Waals surface area contributed by atoms with E-state index in [0.717, 1.165) is 10.5 Å². The molecule has 0 aromatic heterocycles. The fraction of sp³-hybridized carbons (Fsp3) is 0.697. The van der Waals surface area contributed by atoms with Crippen molar-refractivity contribution < 1.29 is 19.2 Å². The van der Waals surface area contributed by atoms with Gasteiger partial charge in [0.25, 0.3) is 0 Å². The van der Waals surface area contributed by atoms with Gasteiger partial charge in [0.05, 0.1) is 12.1 Å². The Bertz CT molecular complexity index is 689. The van der Waals surface area contributed by atoms with E-state index in [4.69, 9.17) is 0 Å². The second kappa shape index (κ2) is 44.0. The average molecular weight is 593 g/mol. The molecular formula is C33H72N2O4S. The van der Waals surface area contributed by atoms with E-state index in [9.17, 15) is 19.2 Å². The molecule has 0 aliphatic rings. The van der Waals surface area contributed by atoms with Crippen molar-refractivity contribution in [1.29, 1.82) is 0 Å². The van der Waals surface area contributed by atoms with Crippen LogP contribution >= 0.6 is 12.6 Å². The van der Waals surface area contributed by atoms with Gasteiger partial charge < -0.3 is 15.0 Å². The molecule has 0 heterocycles. The molecule has 40 heavy (non-hydrogen) atoms. The van der Waals surface area contributed by atoms with Crippen LogP contribution in [0, 0.1) is 0 Å². The predicted octanol–water partition coefficient (Wildman–Crippen LogP) is 9.48. The molecule has 6 nitrogen and oxygen atoms in total. The largest absolute Gasteiger partial charge is 0.329 e. The number of benzene rings is 1. The van der Waals surface area contributed by atoms with E-state index in [1.807, 2.05) is 45.0 Å². The first-order valence-electron chi connectivity index (χ1n) is 12.9. The summed E-state index contributed by atoms with van der Waals surface area (Å²) in [6.07, 6.45) is 2.50. The lowest BCUT2D eigenvalue weighted by molar-refractivity contribution is -0.137. The third-order valence-electron chi connectivity index (χ3n) is 3.84. The molecule has 1 rings (SSSR count). The number of rotatable bonds is 6. The number of likely N-dealkylation sites (N-methyl/N-ethyl adjacent to an activating group) is 1. The number of amides is 1. The normalized spacial score (nSPS) is 9.18. The topological polar surface area (TPSA) is 83.6 Å². The van der Waals surface area contributed by atoms with Gasteiger partial charge in [-0.2, -0.15) is 0 Å². The maximum absolute atomic E-state index is 11.6. The average Bonchev–Trinajstić information content (AvgIpc) is 2.79. The van der Waals surface area contributed by atoms with Gasteiger partial charge in [-0.05, 0) is 60.2 Å². The monoisotopic (exact) mass is 593 g/mol. The summed E-state index contributed by atoms with van der Waals surface area (Å²) in [5, 5.41) is 2.81. The highest BCUT2D eigenvalue weighted by atomic mass is 32.1. The number of thiol groups is 1. The van der Waals surface area contributed by atoms with Crippen LogP contribution in [0.3, 0.4) is 0 Å². The third kappa shape index (κ3) is 45.9. The van der Waals surface area contributed by atoms with Crippen molar-refractivity contribution in [3.63, 3.8) is 0 Å². The van der Waals surface area contributed by atoms with Gasteiger partial charge in [0.1, 0.15) is 11.6 Å². The van der Waals surface area contributed by atoms with Crippen LogP contribution in [0.4, 0.5) is 0 Å². The van der Waals surface area contributed by atoms with Crippen LogP contribution < -0.4 is 5.32 Å². The summed E-state index contributed by atoms with van der Waals surface area (Å²) >= 11 is 4.34. The summed E-state index contributed by atoms with van der Waals surface area (Å²) in [6.45, 7) is 24.1. The Kier molecular flexibility index (Phi) is 68.1. The van der Waals surface area contributed by atoms with Crippen molar-refractivity contribution in [2.45, 2.75) is 156 Å². The molecule has 0 bridgehead atoms. The highest BCUT2D eigenvalue weighted by Crippen LogP contribution is 2.17. The van der Waals surface area contributed by atoms with E-state index >= 15 is 0 Å². The number of nitrogens with one attached hydrogen (secondary N) is 1. The van der Waals surface area contributed by atoms with Gasteiger partial charge >= 0.3 is 0 Å². The second-order valence-corrected chi connectivity index (χ2v) is 8.49. The Balaban J connectivity index is -0.0000000504. The molecule has 1 amide bonds. The zero-order valence-corrected chi connectivity index (χ0v) is 26.5. The Morgan fingerprint density at radius 1 is 0.775 bits per heavy atom. The fourth-order valence-electron chi connectivity index (χ4n) is 1.77. The highest BCUT2D eigenvalue weighted by molar-refractivity contribution is 7.80. The van der Waals surface area contributed by atoms with E-state index in [0.29, 0.717) is 6.54 Å². The quantitative estimate of drug-likeness (QED) is 0.321. The molecule has 0 aliphatic carbocycles. The fourth-order valence-corrected chi connectivity index (χ4v) is 2.00. The lowest BCUT2D eigenvalue weighted by Crippen LogP contribution is -2.40. The number of carbonyl (C=O) groups excluding carboxylic acids is 4. The van der Waals surface area contributed by atoms with E-state index in [-0.39, 0.29) is 59.0 Å². The second-order valence-electron chi connectivity index (χ2n) is 8.01. The zero-order valence-electron chi connectivity index (χ0n) is 25.6. The minimum absolute atomic E-state index is 0. The maximum atomic E-state index is 11.6. The summed E-state index contributed by atoms with van der Waals surface area (Å²) in [5.74, 6) is 0.226. The molecule has 1 N–H and O–H groups in total. The van der Waals surface area contributed by atoms with E-state index in [1.165, 1.54) is 40.5 Å². The summed E-state index contributed by atoms with van der Waals surface area (Å²) in [7, 11) is 1.77. The van der Waals surface area contributed by atoms with Crippen LogP contribution in [0.15, 0.2) is 29.2 Å². The summed E-state index contributed by atoms with van der Waals surface area (Å²) in [6, 6.07) is 7.17. The summed E-state index contributed by atoms with van der Waals surface area (Å²) in [4.78, 5) is 45.0. The lowest BCUT2D eigenvalue weighted by atomic mass is 10.1. The SMILES string of the molecule is C.C.C.C.CC.CC(=O)C(C)N(Cc1ccccc1S)C(C)=O.CC(C)=O.CCC.CCC.CNC(C)C(C)=O. The van der Waals surface area contributed by atoms with Crippen molar-refractivity contribution in [3.05, 3.63) is 29.8 Å². The predicted molar refractivity (Wildman–Crippen MR) is 186 cm³/mol. The van der Waals surface area contributed by atoms with Gasteiger partial charge in [0, 0.05) is 18.4 Å². The molecular weight excluding hydrogens is 520 g/mol. The molecule has 0 saturated heterocycles. The van der Waals surface area contributed by atoms with Crippen molar-refractivity contribution in [1.82, 2.24) is 10.2 Å². The highest BCUT2D eigenvalue weighted by Gasteiger charge is 2.21. The molecule has 1 aromatic rings. The van der Waals surface area contributed by atoms with Crippen molar-refractivity contribution >= 4 is 35.9 Å². The minimum atomic E-state index is -0.402. The molecule has 0 aliphatic heterocycles. The van der Waals surface area contributed by atoms with Gasteiger partial charge in [0.15, 0.2) is 5.78 Å². The van der Waals surface area contributed by atoms with Crippen LogP contribution in [0.25, 0.3) is 0 Å². The number of hydrogen-bond acceptors (Lipinski definition) is 6. The molecule has 2 unspecified atom stereocenters. The van der Waals surface area contributed by atoms with Gasteiger partial charge in [-0.25, -0.2) is 0 Å². The van der Waals surface area contributed by atoms with Crippen LogP contribution in [0.2, 0.25) is 0 Å². The Hall–Kier alpha value is -1.99. The van der Waals surface area contributed by atoms with E-state index in [2.05, 4.69) is 45.6 Å². The summed E-state index contributed by atoms with van der Waals surface area (Å²) < 4.78 is 0. The smallest absolute Gasteiger partial charge is 0.220 e. The molecule has 0 radical (unpaired) electrons. The van der Waals surface area contributed by atoms with E-state index < -0.39 is 6.04 Å². The first-order valence-corrected chi connectivity index (χ1v) is 13.3. The van der Waals surface area contributed by atoms with Crippen molar-refractivity contribution in [2.24, 2.45) is 0 Å². The molecule has 2 atom stereocenters. The van der Waals surface area contributed by atoms with Crippen molar-refractivity contribution in [2.75, 3.05) is 7.05 Å². The number of nitrogens with zero attached hydrogens (tertiary/aromatic N) is 1. The standard InChI is InChI=1S/C13H17NO2S.C5H11NO.C3H6O.2C3H8.C2H6.4CH4/c1-9(10(2)15)14(11(3)16)8-12-6-4-5-7-13(12)17;1-4(6-3)5(2)7;1-3(2)4;2*1-3-2;1-2;;;;/h4-7,9,17H,8H2,1-3H3;4,6H,1-3H3;1-2H3;2*3H2,1-2H3;1-2H3;4*1H4. The Labute approximate surface area is 257 Å². The number of carbonyl (C=O) groups is 4. The third-order valence-corrected chi connectivity index (χ3v) is 4.27. The van der Waals surface area contributed by atoms with Crippen molar-refractivity contribution in [3.8, 4) is 0 Å². The van der Waals surface area contributed by atoms with Gasteiger partial charge in [-0.1, -0.05) is 102 Å². The van der Waals surface area contributed by atoms with Gasteiger partial charge in [0.2, 0.25) is 5.91 Å². The van der Waals surface area contributed by atoms with Gasteiger partial charge in [-0.15, -0.1) is 12.6 Å². The molecule has 0 spiro atoms. The molecule has 244 valence electrons. The molecule has 1 aromatic carbocycles. The minimum Gasteiger partial charge on any atom is -0.329 e. The number of Topliss-reactive ketones (excluding diaryl/α,β-unsaturated/α-hetero) is 3. The lowest BCUT2D eigenvalue weighted by Gasteiger charge is -2.26. The molecule has 7 heteroatoms. The first kappa shape index (κ1) is 61.9. The van der Waals surface area contributed by atoms with Gasteiger partial charge in [-0.3, -0.25) is 14.4 Å². The number of hydrogen-bond donors (Lipinski definition) is 2. The molecule has 0 saturated carbocycles. The summed E-state index contributed by atoms with van der Waals surface area (Å²) in [5.41, 5.74) is 0.944. The Morgan fingerprint density at radius 2 is 1.10 bits per heavy atom. The first-order chi connectivity index (χ1) is 16.7.